The number of aryl methyl sites for hydroxylation is 1. The average molecular weight is 399 g/mol. The maximum Gasteiger partial charge on any atom is 0.206 e. The van der Waals surface area contributed by atoms with Crippen LogP contribution in [0.3, 0.4) is 0 Å². The SMILES string of the molecule is Cc1c(-c2nnc(NCC(N)Cc3ccc(Cl)cc3)s2)ccc2[nH]ncc12. The molecule has 1 unspecified atom stereocenters. The molecule has 0 radical (unpaired) electrons. The third kappa shape index (κ3) is 3.95. The number of rotatable bonds is 6. The van der Waals surface area contributed by atoms with Crippen molar-refractivity contribution < 1.29 is 0 Å². The van der Waals surface area contributed by atoms with Crippen LogP contribution >= 0.6 is 22.9 Å². The van der Waals surface area contributed by atoms with Gasteiger partial charge < -0.3 is 11.1 Å². The van der Waals surface area contributed by atoms with Crippen LogP contribution in [0.15, 0.2) is 42.6 Å². The lowest BCUT2D eigenvalue weighted by atomic mass is 10.1. The van der Waals surface area contributed by atoms with Crippen LogP contribution in [0.2, 0.25) is 5.02 Å². The highest BCUT2D eigenvalue weighted by atomic mass is 35.5. The first kappa shape index (κ1) is 17.9. The van der Waals surface area contributed by atoms with Gasteiger partial charge in [-0.1, -0.05) is 35.1 Å². The van der Waals surface area contributed by atoms with Crippen LogP contribution in [-0.2, 0) is 6.42 Å². The summed E-state index contributed by atoms with van der Waals surface area (Å²) < 4.78 is 0. The van der Waals surface area contributed by atoms with E-state index in [0.717, 1.165) is 49.2 Å². The Bertz CT molecular complexity index is 1060. The van der Waals surface area contributed by atoms with Gasteiger partial charge in [0.05, 0.1) is 11.7 Å². The van der Waals surface area contributed by atoms with Crippen LogP contribution in [0.4, 0.5) is 5.13 Å². The van der Waals surface area contributed by atoms with Gasteiger partial charge in [0.25, 0.3) is 0 Å². The van der Waals surface area contributed by atoms with Gasteiger partial charge in [-0.25, -0.2) is 0 Å². The second kappa shape index (κ2) is 7.64. The Morgan fingerprint density at radius 2 is 2.00 bits per heavy atom. The van der Waals surface area contributed by atoms with Gasteiger partial charge in [0.2, 0.25) is 5.13 Å². The maximum atomic E-state index is 6.23. The van der Waals surface area contributed by atoms with Crippen LogP contribution < -0.4 is 11.1 Å². The minimum Gasteiger partial charge on any atom is -0.359 e. The molecular formula is C19H19ClN6S. The Morgan fingerprint density at radius 3 is 2.81 bits per heavy atom. The van der Waals surface area contributed by atoms with E-state index < -0.39 is 0 Å². The summed E-state index contributed by atoms with van der Waals surface area (Å²) >= 11 is 7.44. The molecule has 2 heterocycles. The highest BCUT2D eigenvalue weighted by Gasteiger charge is 2.13. The van der Waals surface area contributed by atoms with Gasteiger partial charge in [0, 0.05) is 28.6 Å². The highest BCUT2D eigenvalue weighted by Crippen LogP contribution is 2.32. The smallest absolute Gasteiger partial charge is 0.206 e. The number of nitrogens with zero attached hydrogens (tertiary/aromatic N) is 3. The van der Waals surface area contributed by atoms with Crippen molar-refractivity contribution in [1.82, 2.24) is 20.4 Å². The first-order valence-electron chi connectivity index (χ1n) is 8.60. The van der Waals surface area contributed by atoms with E-state index in [4.69, 9.17) is 17.3 Å². The number of halogens is 1. The Kier molecular flexibility index (Phi) is 5.07. The molecule has 0 bridgehead atoms. The van der Waals surface area contributed by atoms with Crippen LogP contribution in [0.25, 0.3) is 21.5 Å². The second-order valence-electron chi connectivity index (χ2n) is 6.45. The predicted molar refractivity (Wildman–Crippen MR) is 111 cm³/mol. The quantitative estimate of drug-likeness (QED) is 0.456. The lowest BCUT2D eigenvalue weighted by Gasteiger charge is -2.12. The van der Waals surface area contributed by atoms with E-state index in [1.165, 1.54) is 11.3 Å². The van der Waals surface area contributed by atoms with E-state index in [1.807, 2.05) is 42.6 Å². The number of hydrogen-bond acceptors (Lipinski definition) is 6. The molecule has 2 aromatic heterocycles. The molecule has 2 aromatic carbocycles. The monoisotopic (exact) mass is 398 g/mol. The summed E-state index contributed by atoms with van der Waals surface area (Å²) in [6.07, 6.45) is 2.61. The number of benzene rings is 2. The number of H-pyrrole nitrogens is 1. The van der Waals surface area contributed by atoms with Crippen molar-refractivity contribution in [2.75, 3.05) is 11.9 Å². The standard InChI is InChI=1S/C19H19ClN6S/c1-11-15(6-7-17-16(11)10-23-24-17)18-25-26-19(27-18)22-9-14(21)8-12-2-4-13(20)5-3-12/h2-7,10,14H,8-9,21H2,1H3,(H,22,26)(H,23,24). The molecule has 27 heavy (non-hydrogen) atoms. The van der Waals surface area contributed by atoms with E-state index in [9.17, 15) is 0 Å². The maximum absolute atomic E-state index is 6.23. The molecule has 4 rings (SSSR count). The lowest BCUT2D eigenvalue weighted by molar-refractivity contribution is 0.698. The zero-order chi connectivity index (χ0) is 18.8. The molecule has 0 saturated heterocycles. The van der Waals surface area contributed by atoms with Gasteiger partial charge in [0.1, 0.15) is 5.01 Å². The number of anilines is 1. The van der Waals surface area contributed by atoms with Crippen LogP contribution in [-0.4, -0.2) is 33.0 Å². The summed E-state index contributed by atoms with van der Waals surface area (Å²) in [7, 11) is 0. The number of aromatic amines is 1. The van der Waals surface area contributed by atoms with Crippen molar-refractivity contribution in [1.29, 1.82) is 0 Å². The molecule has 0 fully saturated rings. The van der Waals surface area contributed by atoms with Gasteiger partial charge in [-0.05, 0) is 48.7 Å². The molecule has 0 amide bonds. The fraction of sp³-hybridized carbons (Fsp3) is 0.211. The lowest BCUT2D eigenvalue weighted by Crippen LogP contribution is -2.31. The van der Waals surface area contributed by atoms with E-state index in [2.05, 4.69) is 32.6 Å². The molecular weight excluding hydrogens is 380 g/mol. The van der Waals surface area contributed by atoms with Gasteiger partial charge in [-0.15, -0.1) is 10.2 Å². The van der Waals surface area contributed by atoms with Crippen molar-refractivity contribution in [3.05, 3.63) is 58.7 Å². The Labute approximate surface area is 165 Å². The molecule has 4 aromatic rings. The molecule has 0 saturated carbocycles. The van der Waals surface area contributed by atoms with Crippen molar-refractivity contribution in [3.63, 3.8) is 0 Å². The summed E-state index contributed by atoms with van der Waals surface area (Å²) in [6, 6.07) is 11.8. The Morgan fingerprint density at radius 1 is 1.19 bits per heavy atom. The van der Waals surface area contributed by atoms with Crippen molar-refractivity contribution in [2.24, 2.45) is 5.73 Å². The van der Waals surface area contributed by atoms with E-state index in [-0.39, 0.29) is 6.04 Å². The fourth-order valence-corrected chi connectivity index (χ4v) is 3.97. The zero-order valence-electron chi connectivity index (χ0n) is 14.7. The minimum absolute atomic E-state index is 0.0254. The normalized spacial score (nSPS) is 12.4. The largest absolute Gasteiger partial charge is 0.359 e. The molecule has 0 aliphatic carbocycles. The first-order chi connectivity index (χ1) is 13.1. The number of nitrogens with two attached hydrogens (primary N) is 1. The van der Waals surface area contributed by atoms with Gasteiger partial charge in [-0.3, -0.25) is 5.10 Å². The van der Waals surface area contributed by atoms with E-state index in [0.29, 0.717) is 6.54 Å². The van der Waals surface area contributed by atoms with Gasteiger partial charge in [-0.2, -0.15) is 5.10 Å². The predicted octanol–water partition coefficient (Wildman–Crippen LogP) is 4.03. The molecule has 0 aliphatic rings. The fourth-order valence-electron chi connectivity index (χ4n) is 3.01. The molecule has 0 spiro atoms. The summed E-state index contributed by atoms with van der Waals surface area (Å²) in [6.45, 7) is 2.70. The summed E-state index contributed by atoms with van der Waals surface area (Å²) in [5.41, 5.74) is 10.6. The molecule has 138 valence electrons. The van der Waals surface area contributed by atoms with Crippen LogP contribution in [0, 0.1) is 6.92 Å². The summed E-state index contributed by atoms with van der Waals surface area (Å²) in [5, 5.41) is 22.4. The number of nitrogens with one attached hydrogen (secondary N) is 2. The first-order valence-corrected chi connectivity index (χ1v) is 9.80. The Hall–Kier alpha value is -2.48. The number of fused-ring (bicyclic) bond motifs is 1. The molecule has 1 atom stereocenters. The topological polar surface area (TPSA) is 92.5 Å². The minimum atomic E-state index is -0.0254. The van der Waals surface area contributed by atoms with Crippen molar-refractivity contribution in [2.45, 2.75) is 19.4 Å². The van der Waals surface area contributed by atoms with Gasteiger partial charge in [0.15, 0.2) is 0 Å². The van der Waals surface area contributed by atoms with Crippen LogP contribution in [0.1, 0.15) is 11.1 Å². The van der Waals surface area contributed by atoms with Crippen LogP contribution in [0.5, 0.6) is 0 Å². The molecule has 0 aliphatic heterocycles. The Balaban J connectivity index is 1.41. The molecule has 6 nitrogen and oxygen atoms in total. The second-order valence-corrected chi connectivity index (χ2v) is 7.87. The number of hydrogen-bond donors (Lipinski definition) is 3. The number of aromatic nitrogens is 4. The van der Waals surface area contributed by atoms with E-state index >= 15 is 0 Å². The molecule has 4 N–H and O–H groups in total. The zero-order valence-corrected chi connectivity index (χ0v) is 16.3. The average Bonchev–Trinajstić information content (AvgIpc) is 3.32. The highest BCUT2D eigenvalue weighted by molar-refractivity contribution is 7.18. The summed E-state index contributed by atoms with van der Waals surface area (Å²) in [5.74, 6) is 0. The molecule has 8 heteroatoms. The van der Waals surface area contributed by atoms with Crippen molar-refractivity contribution >= 4 is 39.0 Å². The summed E-state index contributed by atoms with van der Waals surface area (Å²) in [4.78, 5) is 0. The van der Waals surface area contributed by atoms with Gasteiger partial charge >= 0.3 is 0 Å². The van der Waals surface area contributed by atoms with Crippen molar-refractivity contribution in [3.8, 4) is 10.6 Å². The third-order valence-electron chi connectivity index (χ3n) is 4.48. The third-order valence-corrected chi connectivity index (χ3v) is 5.64. The van der Waals surface area contributed by atoms with E-state index in [1.54, 1.807) is 0 Å².